The van der Waals surface area contributed by atoms with Crippen molar-refractivity contribution in [2.75, 3.05) is 6.61 Å². The van der Waals surface area contributed by atoms with E-state index in [1.807, 2.05) is 19.1 Å². The van der Waals surface area contributed by atoms with Gasteiger partial charge in [-0.25, -0.2) is 9.37 Å². The fourth-order valence-electron chi connectivity index (χ4n) is 2.40. The van der Waals surface area contributed by atoms with Gasteiger partial charge in [0, 0.05) is 12.3 Å². The number of hydrogen-bond acceptors (Lipinski definition) is 4. The molecule has 0 fully saturated rings. The Balaban J connectivity index is 1.47. The first-order valence-corrected chi connectivity index (χ1v) is 8.47. The summed E-state index contributed by atoms with van der Waals surface area (Å²) in [5.74, 6) is 1.10. The van der Waals surface area contributed by atoms with Gasteiger partial charge in [0.25, 0.3) is 5.91 Å². The highest BCUT2D eigenvalue weighted by Gasteiger charge is 2.10. The smallest absolute Gasteiger partial charge is 0.258 e. The summed E-state index contributed by atoms with van der Waals surface area (Å²) in [5.41, 5.74) is 0.820. The number of aromatic nitrogens is 1. The Morgan fingerprint density at radius 2 is 1.74 bits per heavy atom. The van der Waals surface area contributed by atoms with Crippen LogP contribution in [-0.2, 0) is 4.79 Å². The Hall–Kier alpha value is -3.41. The van der Waals surface area contributed by atoms with Crippen LogP contribution < -0.4 is 14.8 Å². The molecule has 3 rings (SSSR count). The molecule has 1 heterocycles. The van der Waals surface area contributed by atoms with Crippen molar-refractivity contribution in [3.8, 4) is 17.4 Å². The average molecular weight is 366 g/mol. The van der Waals surface area contributed by atoms with E-state index in [2.05, 4.69) is 10.3 Å². The molecule has 138 valence electrons. The van der Waals surface area contributed by atoms with Gasteiger partial charge in [-0.3, -0.25) is 4.79 Å². The molecule has 0 aliphatic rings. The van der Waals surface area contributed by atoms with Gasteiger partial charge in [0.05, 0.1) is 6.04 Å². The third-order valence-corrected chi connectivity index (χ3v) is 3.80. The molecule has 27 heavy (non-hydrogen) atoms. The SMILES string of the molecule is CC(NC(=O)COc1ccc(Oc2ccccn2)cc1)c1ccc(F)cc1. The molecule has 1 aromatic heterocycles. The number of pyridine rings is 1. The normalized spacial score (nSPS) is 11.5. The molecule has 0 saturated carbocycles. The van der Waals surface area contributed by atoms with Crippen LogP contribution in [0.5, 0.6) is 17.4 Å². The topological polar surface area (TPSA) is 60.5 Å². The molecule has 5 nitrogen and oxygen atoms in total. The highest BCUT2D eigenvalue weighted by Crippen LogP contribution is 2.22. The highest BCUT2D eigenvalue weighted by atomic mass is 19.1. The van der Waals surface area contributed by atoms with E-state index in [0.717, 1.165) is 5.56 Å². The maximum atomic E-state index is 13.0. The van der Waals surface area contributed by atoms with Crippen molar-refractivity contribution in [1.82, 2.24) is 10.3 Å². The summed E-state index contributed by atoms with van der Waals surface area (Å²) >= 11 is 0. The molecule has 0 bridgehead atoms. The quantitative estimate of drug-likeness (QED) is 0.678. The monoisotopic (exact) mass is 366 g/mol. The summed E-state index contributed by atoms with van der Waals surface area (Å²) in [4.78, 5) is 16.1. The molecular formula is C21H19FN2O3. The predicted molar refractivity (Wildman–Crippen MR) is 99.2 cm³/mol. The molecular weight excluding hydrogens is 347 g/mol. The van der Waals surface area contributed by atoms with Crippen molar-refractivity contribution < 1.29 is 18.7 Å². The van der Waals surface area contributed by atoms with Crippen molar-refractivity contribution in [2.45, 2.75) is 13.0 Å². The minimum Gasteiger partial charge on any atom is -0.484 e. The first-order chi connectivity index (χ1) is 13.1. The number of nitrogens with one attached hydrogen (secondary N) is 1. The Labute approximate surface area is 156 Å². The second kappa shape index (κ2) is 8.80. The van der Waals surface area contributed by atoms with Crippen LogP contribution in [0.15, 0.2) is 72.9 Å². The fourth-order valence-corrected chi connectivity index (χ4v) is 2.40. The Morgan fingerprint density at radius 1 is 1.04 bits per heavy atom. The van der Waals surface area contributed by atoms with Crippen LogP contribution in [0, 0.1) is 5.82 Å². The predicted octanol–water partition coefficient (Wildman–Crippen LogP) is 4.27. The van der Waals surface area contributed by atoms with Crippen molar-refractivity contribution in [1.29, 1.82) is 0 Å². The van der Waals surface area contributed by atoms with Gasteiger partial charge < -0.3 is 14.8 Å². The van der Waals surface area contributed by atoms with Crippen LogP contribution >= 0.6 is 0 Å². The highest BCUT2D eigenvalue weighted by molar-refractivity contribution is 5.78. The zero-order valence-electron chi connectivity index (χ0n) is 14.8. The first-order valence-electron chi connectivity index (χ1n) is 8.47. The van der Waals surface area contributed by atoms with E-state index in [1.54, 1.807) is 48.7 Å². The van der Waals surface area contributed by atoms with E-state index in [-0.39, 0.29) is 24.4 Å². The number of carbonyl (C=O) groups excluding carboxylic acids is 1. The van der Waals surface area contributed by atoms with Gasteiger partial charge in [-0.15, -0.1) is 0 Å². The molecule has 1 amide bonds. The lowest BCUT2D eigenvalue weighted by Gasteiger charge is -2.15. The molecule has 1 atom stereocenters. The van der Waals surface area contributed by atoms with Crippen LogP contribution in [-0.4, -0.2) is 17.5 Å². The lowest BCUT2D eigenvalue weighted by Crippen LogP contribution is -2.31. The van der Waals surface area contributed by atoms with E-state index in [0.29, 0.717) is 17.4 Å². The van der Waals surface area contributed by atoms with Gasteiger partial charge in [0.2, 0.25) is 5.88 Å². The summed E-state index contributed by atoms with van der Waals surface area (Å²) in [6, 6.07) is 18.1. The van der Waals surface area contributed by atoms with E-state index >= 15 is 0 Å². The number of nitrogens with zero attached hydrogens (tertiary/aromatic N) is 1. The summed E-state index contributed by atoms with van der Waals surface area (Å²) in [7, 11) is 0. The van der Waals surface area contributed by atoms with Gasteiger partial charge in [-0.2, -0.15) is 0 Å². The van der Waals surface area contributed by atoms with Crippen LogP contribution in [0.2, 0.25) is 0 Å². The fraction of sp³-hybridized carbons (Fsp3) is 0.143. The summed E-state index contributed by atoms with van der Waals surface area (Å²) < 4.78 is 24.0. The first kappa shape index (κ1) is 18.4. The van der Waals surface area contributed by atoms with Crippen molar-refractivity contribution in [3.63, 3.8) is 0 Å². The van der Waals surface area contributed by atoms with Gasteiger partial charge in [-0.05, 0) is 55.0 Å². The maximum absolute atomic E-state index is 13.0. The number of halogens is 1. The standard InChI is InChI=1S/C21H19FN2O3/c1-15(16-5-7-17(22)8-6-16)24-20(25)14-26-18-9-11-19(12-10-18)27-21-4-2-3-13-23-21/h2-13,15H,14H2,1H3,(H,24,25). The van der Waals surface area contributed by atoms with E-state index in [1.165, 1.54) is 12.1 Å². The minimum absolute atomic E-state index is 0.119. The Kier molecular flexibility index (Phi) is 5.99. The Bertz CT molecular complexity index is 868. The molecule has 0 radical (unpaired) electrons. The van der Waals surface area contributed by atoms with Crippen LogP contribution in [0.1, 0.15) is 18.5 Å². The summed E-state index contributed by atoms with van der Waals surface area (Å²) in [6.07, 6.45) is 1.65. The lowest BCUT2D eigenvalue weighted by molar-refractivity contribution is -0.123. The number of rotatable bonds is 7. The zero-order valence-corrected chi connectivity index (χ0v) is 14.8. The second-order valence-corrected chi connectivity index (χ2v) is 5.87. The van der Waals surface area contributed by atoms with E-state index in [4.69, 9.17) is 9.47 Å². The maximum Gasteiger partial charge on any atom is 0.258 e. The molecule has 2 aromatic carbocycles. The summed E-state index contributed by atoms with van der Waals surface area (Å²) in [5, 5.41) is 2.81. The van der Waals surface area contributed by atoms with Gasteiger partial charge >= 0.3 is 0 Å². The number of amides is 1. The molecule has 1 unspecified atom stereocenters. The van der Waals surface area contributed by atoms with Crippen molar-refractivity contribution in [2.24, 2.45) is 0 Å². The van der Waals surface area contributed by atoms with E-state index < -0.39 is 0 Å². The Morgan fingerprint density at radius 3 is 2.41 bits per heavy atom. The lowest BCUT2D eigenvalue weighted by atomic mass is 10.1. The number of hydrogen-bond donors (Lipinski definition) is 1. The molecule has 0 saturated heterocycles. The largest absolute Gasteiger partial charge is 0.484 e. The van der Waals surface area contributed by atoms with Crippen molar-refractivity contribution >= 4 is 5.91 Å². The molecule has 6 heteroatoms. The third kappa shape index (κ3) is 5.54. The van der Waals surface area contributed by atoms with Gasteiger partial charge in [-0.1, -0.05) is 18.2 Å². The molecule has 1 N–H and O–H groups in total. The van der Waals surface area contributed by atoms with E-state index in [9.17, 15) is 9.18 Å². The van der Waals surface area contributed by atoms with Gasteiger partial charge in [0.15, 0.2) is 6.61 Å². The summed E-state index contributed by atoms with van der Waals surface area (Å²) in [6.45, 7) is 1.71. The molecule has 3 aromatic rings. The molecule has 0 aliphatic heterocycles. The third-order valence-electron chi connectivity index (χ3n) is 3.80. The van der Waals surface area contributed by atoms with Crippen molar-refractivity contribution in [3.05, 3.63) is 84.3 Å². The minimum atomic E-state index is -0.309. The van der Waals surface area contributed by atoms with Crippen LogP contribution in [0.25, 0.3) is 0 Å². The number of benzene rings is 2. The average Bonchev–Trinajstić information content (AvgIpc) is 2.69. The zero-order chi connectivity index (χ0) is 19.1. The number of carbonyl (C=O) groups is 1. The second-order valence-electron chi connectivity index (χ2n) is 5.87. The van der Waals surface area contributed by atoms with Gasteiger partial charge in [0.1, 0.15) is 17.3 Å². The molecule has 0 spiro atoms. The van der Waals surface area contributed by atoms with Crippen LogP contribution in [0.3, 0.4) is 0 Å². The molecule has 0 aliphatic carbocycles. The number of ether oxygens (including phenoxy) is 2. The van der Waals surface area contributed by atoms with Crippen LogP contribution in [0.4, 0.5) is 4.39 Å².